The van der Waals surface area contributed by atoms with E-state index in [1.165, 1.54) is 0 Å². The van der Waals surface area contributed by atoms with Crippen LogP contribution in [0.15, 0.2) is 24.3 Å². The van der Waals surface area contributed by atoms with Crippen LogP contribution in [0.5, 0.6) is 5.75 Å². The smallest absolute Gasteiger partial charge is 0.199 e. The van der Waals surface area contributed by atoms with E-state index < -0.39 is 0 Å². The summed E-state index contributed by atoms with van der Waals surface area (Å²) in [6, 6.07) is 7.32. The van der Waals surface area contributed by atoms with Crippen LogP contribution in [0.4, 0.5) is 0 Å². The zero-order chi connectivity index (χ0) is 10.5. The summed E-state index contributed by atoms with van der Waals surface area (Å²) in [6.45, 7) is 1.84. The molecule has 1 aromatic rings. The van der Waals surface area contributed by atoms with E-state index in [9.17, 15) is 0 Å². The van der Waals surface area contributed by atoms with Crippen LogP contribution in [0.1, 0.15) is 24.8 Å². The van der Waals surface area contributed by atoms with Gasteiger partial charge in [-0.25, -0.2) is 0 Å². The van der Waals surface area contributed by atoms with E-state index in [-0.39, 0.29) is 6.29 Å². The van der Waals surface area contributed by atoms with E-state index in [1.54, 1.807) is 6.07 Å². The first kappa shape index (κ1) is 10.5. The van der Waals surface area contributed by atoms with E-state index in [2.05, 4.69) is 0 Å². The number of rotatable bonds is 3. The van der Waals surface area contributed by atoms with Gasteiger partial charge in [0, 0.05) is 6.42 Å². The van der Waals surface area contributed by atoms with Crippen molar-refractivity contribution in [3.63, 3.8) is 0 Å². The van der Waals surface area contributed by atoms with E-state index in [0.29, 0.717) is 0 Å². The maximum Gasteiger partial charge on any atom is 0.199 e. The van der Waals surface area contributed by atoms with Crippen LogP contribution in [0, 0.1) is 6.61 Å². The normalized spacial score (nSPS) is 21.3. The largest absolute Gasteiger partial charge is 0.465 e. The lowest BCUT2D eigenvalue weighted by Gasteiger charge is -2.23. The summed E-state index contributed by atoms with van der Waals surface area (Å²) >= 11 is 0. The highest BCUT2D eigenvalue weighted by molar-refractivity contribution is 5.31. The Bertz CT molecular complexity index is 305. The number of hydrogen-bond acceptors (Lipinski definition) is 3. The first-order valence-electron chi connectivity index (χ1n) is 5.24. The molecule has 81 valence electrons. The van der Waals surface area contributed by atoms with Crippen molar-refractivity contribution >= 4 is 0 Å². The van der Waals surface area contributed by atoms with Gasteiger partial charge in [0.05, 0.1) is 6.61 Å². The first-order valence-corrected chi connectivity index (χ1v) is 5.24. The highest BCUT2D eigenvalue weighted by Crippen LogP contribution is 2.20. The minimum absolute atomic E-state index is 0.132. The zero-order valence-electron chi connectivity index (χ0n) is 8.56. The second-order valence-electron chi connectivity index (χ2n) is 3.62. The second-order valence-corrected chi connectivity index (χ2v) is 3.62. The molecular weight excluding hydrogens is 192 g/mol. The van der Waals surface area contributed by atoms with Gasteiger partial charge in [-0.05, 0) is 30.5 Å². The molecule has 0 saturated carbocycles. The maximum absolute atomic E-state index is 8.86. The van der Waals surface area contributed by atoms with Crippen molar-refractivity contribution in [2.75, 3.05) is 6.61 Å². The minimum Gasteiger partial charge on any atom is -0.465 e. The molecule has 0 bridgehead atoms. The molecule has 15 heavy (non-hydrogen) atoms. The second kappa shape index (κ2) is 5.14. The quantitative estimate of drug-likeness (QED) is 0.827. The van der Waals surface area contributed by atoms with E-state index in [0.717, 1.165) is 43.8 Å². The molecule has 1 aromatic carbocycles. The Labute approximate surface area is 89.6 Å². The fraction of sp³-hybridized carbons (Fsp3) is 0.417. The molecule has 1 heterocycles. The molecule has 1 radical (unpaired) electrons. The molecule has 0 spiro atoms. The highest BCUT2D eigenvalue weighted by Gasteiger charge is 2.14. The van der Waals surface area contributed by atoms with Crippen molar-refractivity contribution in [3.8, 4) is 5.75 Å². The highest BCUT2D eigenvalue weighted by atomic mass is 16.7. The Hall–Kier alpha value is -1.06. The molecule has 3 nitrogen and oxygen atoms in total. The summed E-state index contributed by atoms with van der Waals surface area (Å²) in [6.07, 6.45) is 3.07. The van der Waals surface area contributed by atoms with Crippen molar-refractivity contribution in [2.24, 2.45) is 0 Å². The maximum atomic E-state index is 8.86. The zero-order valence-corrected chi connectivity index (χ0v) is 8.56. The fourth-order valence-electron chi connectivity index (χ4n) is 1.62. The average molecular weight is 207 g/mol. The average Bonchev–Trinajstić information content (AvgIpc) is 2.31. The molecule has 2 rings (SSSR count). The predicted molar refractivity (Wildman–Crippen MR) is 56.0 cm³/mol. The van der Waals surface area contributed by atoms with Gasteiger partial charge in [0.1, 0.15) is 12.4 Å². The molecular formula is C12H15O3. The Balaban J connectivity index is 1.96. The van der Waals surface area contributed by atoms with Crippen LogP contribution in [0.2, 0.25) is 0 Å². The summed E-state index contributed by atoms with van der Waals surface area (Å²) in [5, 5.41) is 8.86. The molecule has 1 unspecified atom stereocenters. The molecule has 1 N–H and O–H groups in total. The van der Waals surface area contributed by atoms with Gasteiger partial charge in [-0.2, -0.15) is 0 Å². The topological polar surface area (TPSA) is 38.7 Å². The van der Waals surface area contributed by atoms with Crippen molar-refractivity contribution in [3.05, 3.63) is 36.4 Å². The van der Waals surface area contributed by atoms with Crippen LogP contribution >= 0.6 is 0 Å². The molecule has 3 heteroatoms. The Morgan fingerprint density at radius 1 is 1.40 bits per heavy atom. The molecule has 1 aliphatic rings. The summed E-state index contributed by atoms with van der Waals surface area (Å²) in [7, 11) is 0. The van der Waals surface area contributed by atoms with Gasteiger partial charge >= 0.3 is 0 Å². The van der Waals surface area contributed by atoms with Crippen LogP contribution in [-0.4, -0.2) is 18.0 Å². The number of aliphatic hydroxyl groups is 1. The number of hydrogen-bond donors (Lipinski definition) is 1. The van der Waals surface area contributed by atoms with E-state index in [1.807, 2.05) is 18.2 Å². The van der Waals surface area contributed by atoms with Gasteiger partial charge in [-0.15, -0.1) is 0 Å². The first-order chi connectivity index (χ1) is 7.38. The van der Waals surface area contributed by atoms with Crippen LogP contribution in [0.3, 0.4) is 0 Å². The summed E-state index contributed by atoms with van der Waals surface area (Å²) in [5.41, 5.74) is 0.739. The summed E-state index contributed by atoms with van der Waals surface area (Å²) in [4.78, 5) is 0. The van der Waals surface area contributed by atoms with Crippen molar-refractivity contribution in [2.45, 2.75) is 25.6 Å². The number of ether oxygens (including phenoxy) is 2. The van der Waals surface area contributed by atoms with Gasteiger partial charge < -0.3 is 14.6 Å². The Kier molecular flexibility index (Phi) is 3.59. The van der Waals surface area contributed by atoms with Crippen molar-refractivity contribution in [1.82, 2.24) is 0 Å². The SMILES string of the molecule is O[CH]c1cccc(OC2CCCCO2)c1. The van der Waals surface area contributed by atoms with E-state index >= 15 is 0 Å². The summed E-state index contributed by atoms with van der Waals surface area (Å²) in [5.74, 6) is 0.740. The predicted octanol–water partition coefficient (Wildman–Crippen LogP) is 2.47. The standard InChI is InChI=1S/C12H15O3/c13-9-10-4-3-5-11(8-10)15-12-6-1-2-7-14-12/h3-5,8-9,12-13H,1-2,6-7H2. The van der Waals surface area contributed by atoms with Gasteiger partial charge in [-0.3, -0.25) is 0 Å². The van der Waals surface area contributed by atoms with Gasteiger partial charge in [0.15, 0.2) is 6.29 Å². The third kappa shape index (κ3) is 2.94. The van der Waals surface area contributed by atoms with Crippen LogP contribution in [-0.2, 0) is 4.74 Å². The summed E-state index contributed by atoms with van der Waals surface area (Å²) < 4.78 is 11.1. The molecule has 1 atom stereocenters. The number of aliphatic hydroxyl groups excluding tert-OH is 1. The Morgan fingerprint density at radius 3 is 3.07 bits per heavy atom. The van der Waals surface area contributed by atoms with Gasteiger partial charge in [-0.1, -0.05) is 12.1 Å². The minimum atomic E-state index is -0.132. The monoisotopic (exact) mass is 207 g/mol. The van der Waals surface area contributed by atoms with Crippen LogP contribution < -0.4 is 4.74 Å². The van der Waals surface area contributed by atoms with Crippen molar-refractivity contribution in [1.29, 1.82) is 0 Å². The molecule has 0 aliphatic carbocycles. The third-order valence-corrected chi connectivity index (χ3v) is 2.41. The number of benzene rings is 1. The van der Waals surface area contributed by atoms with Crippen molar-refractivity contribution < 1.29 is 14.6 Å². The lowest BCUT2D eigenvalue weighted by Crippen LogP contribution is -2.24. The molecule has 0 aromatic heterocycles. The van der Waals surface area contributed by atoms with Gasteiger partial charge in [0.2, 0.25) is 0 Å². The molecule has 1 fully saturated rings. The Morgan fingerprint density at radius 2 is 2.33 bits per heavy atom. The van der Waals surface area contributed by atoms with Crippen LogP contribution in [0.25, 0.3) is 0 Å². The van der Waals surface area contributed by atoms with Gasteiger partial charge in [0.25, 0.3) is 0 Å². The molecule has 0 amide bonds. The third-order valence-electron chi connectivity index (χ3n) is 2.41. The molecule has 1 saturated heterocycles. The lowest BCUT2D eigenvalue weighted by molar-refractivity contribution is -0.105. The fourth-order valence-corrected chi connectivity index (χ4v) is 1.62. The van der Waals surface area contributed by atoms with E-state index in [4.69, 9.17) is 14.6 Å². The lowest BCUT2D eigenvalue weighted by atomic mass is 10.2. The molecule has 1 aliphatic heterocycles.